The van der Waals surface area contributed by atoms with Crippen LogP contribution in [-0.2, 0) is 0 Å². The topological polar surface area (TPSA) is 9.23 Å². The summed E-state index contributed by atoms with van der Waals surface area (Å²) in [5.41, 5.74) is 0. The molecule has 0 aliphatic heterocycles. The van der Waals surface area contributed by atoms with Crippen molar-refractivity contribution in [3.63, 3.8) is 0 Å². The van der Waals surface area contributed by atoms with Crippen LogP contribution in [0.3, 0.4) is 0 Å². The van der Waals surface area contributed by atoms with Crippen molar-refractivity contribution in [2.75, 3.05) is 0 Å². The molecule has 0 fully saturated rings. The summed E-state index contributed by atoms with van der Waals surface area (Å²) in [6, 6.07) is 20.4. The first-order valence-electron chi connectivity index (χ1n) is 6.69. The minimum Gasteiger partial charge on any atom is -0.472 e. The molecule has 2 heteroatoms. The van der Waals surface area contributed by atoms with E-state index < -0.39 is 0 Å². The molecule has 0 heterocycles. The molecule has 0 saturated heterocycles. The summed E-state index contributed by atoms with van der Waals surface area (Å²) in [4.78, 5) is 0.848. The average Bonchev–Trinajstić information content (AvgIpc) is 2.50. The van der Waals surface area contributed by atoms with Gasteiger partial charge in [-0.1, -0.05) is 66.4 Å². The van der Waals surface area contributed by atoms with E-state index in [2.05, 4.69) is 48.6 Å². The molecule has 20 heavy (non-hydrogen) atoms. The second-order valence-corrected chi connectivity index (χ2v) is 6.00. The van der Waals surface area contributed by atoms with Crippen molar-refractivity contribution < 1.29 is 4.74 Å². The van der Waals surface area contributed by atoms with Gasteiger partial charge in [0.15, 0.2) is 4.93 Å². The molecule has 2 aromatic rings. The third kappa shape index (κ3) is 3.14. The number of allylic oxidation sites excluding steroid dienone is 2. The smallest absolute Gasteiger partial charge is 0.181 e. The molecule has 0 N–H and O–H groups in total. The summed E-state index contributed by atoms with van der Waals surface area (Å²) in [5, 5.41) is 0. The number of hydrogen-bond donors (Lipinski definition) is 0. The lowest BCUT2D eigenvalue weighted by atomic mass is 10.1. The summed E-state index contributed by atoms with van der Waals surface area (Å²) in [7, 11) is 0. The van der Waals surface area contributed by atoms with Gasteiger partial charge in [0, 0.05) is 11.3 Å². The van der Waals surface area contributed by atoms with E-state index in [1.807, 2.05) is 36.4 Å². The Morgan fingerprint density at radius 3 is 2.20 bits per heavy atom. The first-order valence-corrected chi connectivity index (χ1v) is 7.50. The fourth-order valence-corrected chi connectivity index (χ4v) is 3.29. The van der Waals surface area contributed by atoms with Gasteiger partial charge in [0.2, 0.25) is 0 Å². The van der Waals surface area contributed by atoms with E-state index in [0.717, 1.165) is 12.2 Å². The molecular formula is C18H16OS. The van der Waals surface area contributed by atoms with E-state index in [1.165, 1.54) is 4.90 Å². The Kier molecular flexibility index (Phi) is 3.93. The third-order valence-electron chi connectivity index (χ3n) is 3.07. The summed E-state index contributed by atoms with van der Waals surface area (Å²) in [6.07, 6.45) is 9.27. The summed E-state index contributed by atoms with van der Waals surface area (Å²) in [5.74, 6) is 0.899. The van der Waals surface area contributed by atoms with Crippen LogP contribution in [0.15, 0.2) is 89.9 Å². The highest BCUT2D eigenvalue weighted by Gasteiger charge is 2.30. The highest BCUT2D eigenvalue weighted by atomic mass is 32.2. The molecule has 0 amide bonds. The predicted octanol–water partition coefficient (Wildman–Crippen LogP) is 5.07. The van der Waals surface area contributed by atoms with Crippen molar-refractivity contribution in [3.05, 3.63) is 85.0 Å². The summed E-state index contributed by atoms with van der Waals surface area (Å²) >= 11 is 1.75. The van der Waals surface area contributed by atoms with Gasteiger partial charge >= 0.3 is 0 Å². The highest BCUT2D eigenvalue weighted by Crippen LogP contribution is 2.40. The van der Waals surface area contributed by atoms with Gasteiger partial charge in [-0.15, -0.1) is 0 Å². The maximum atomic E-state index is 6.27. The zero-order chi connectivity index (χ0) is 13.7. The van der Waals surface area contributed by atoms with Crippen LogP contribution in [0.2, 0.25) is 0 Å². The SMILES string of the molecule is C1=CCC(Oc2ccccc2)(Sc2ccccc2)C=C1. The summed E-state index contributed by atoms with van der Waals surface area (Å²) in [6.45, 7) is 0. The first-order chi connectivity index (χ1) is 9.86. The second-order valence-electron chi connectivity index (χ2n) is 4.63. The van der Waals surface area contributed by atoms with E-state index in [9.17, 15) is 0 Å². The van der Waals surface area contributed by atoms with Gasteiger partial charge in [-0.25, -0.2) is 0 Å². The number of thioether (sulfide) groups is 1. The van der Waals surface area contributed by atoms with Crippen molar-refractivity contribution in [1.82, 2.24) is 0 Å². The Morgan fingerprint density at radius 2 is 1.55 bits per heavy atom. The number of rotatable bonds is 4. The van der Waals surface area contributed by atoms with Gasteiger partial charge in [0.1, 0.15) is 5.75 Å². The van der Waals surface area contributed by atoms with Gasteiger partial charge in [-0.2, -0.15) is 0 Å². The van der Waals surface area contributed by atoms with Crippen LogP contribution in [-0.4, -0.2) is 4.93 Å². The Morgan fingerprint density at radius 1 is 0.850 bits per heavy atom. The normalized spacial score (nSPS) is 20.8. The molecule has 1 unspecified atom stereocenters. The van der Waals surface area contributed by atoms with Crippen molar-refractivity contribution in [2.24, 2.45) is 0 Å². The first kappa shape index (κ1) is 13.1. The number of ether oxygens (including phenoxy) is 1. The number of para-hydroxylation sites is 1. The molecule has 0 radical (unpaired) electrons. The average molecular weight is 280 g/mol. The number of hydrogen-bond acceptors (Lipinski definition) is 2. The standard InChI is InChI=1S/C18H16OS/c1-4-10-16(11-5-1)19-18(14-8-3-9-15-18)20-17-12-6-2-7-13-17/h1-14H,15H2. The zero-order valence-corrected chi connectivity index (χ0v) is 11.9. The van der Waals surface area contributed by atoms with Gasteiger partial charge < -0.3 is 4.74 Å². The Hall–Kier alpha value is -1.93. The molecule has 2 aromatic carbocycles. The van der Waals surface area contributed by atoms with E-state index >= 15 is 0 Å². The molecule has 1 aliphatic rings. The van der Waals surface area contributed by atoms with E-state index in [4.69, 9.17) is 4.74 Å². The fourth-order valence-electron chi connectivity index (χ4n) is 2.13. The van der Waals surface area contributed by atoms with Crippen LogP contribution in [0.25, 0.3) is 0 Å². The van der Waals surface area contributed by atoms with Crippen LogP contribution in [0.1, 0.15) is 6.42 Å². The minimum absolute atomic E-state index is 0.364. The van der Waals surface area contributed by atoms with Crippen LogP contribution < -0.4 is 4.74 Å². The Bertz CT molecular complexity index is 560. The van der Waals surface area contributed by atoms with Gasteiger partial charge in [0.25, 0.3) is 0 Å². The van der Waals surface area contributed by atoms with Crippen molar-refractivity contribution in [2.45, 2.75) is 16.2 Å². The lowest BCUT2D eigenvalue weighted by molar-refractivity contribution is 0.217. The third-order valence-corrected chi connectivity index (χ3v) is 4.31. The largest absolute Gasteiger partial charge is 0.472 e. The molecular weight excluding hydrogens is 264 g/mol. The van der Waals surface area contributed by atoms with Crippen LogP contribution in [0.4, 0.5) is 0 Å². The zero-order valence-electron chi connectivity index (χ0n) is 11.1. The molecule has 3 rings (SSSR count). The van der Waals surface area contributed by atoms with Crippen molar-refractivity contribution in [3.8, 4) is 5.75 Å². The fraction of sp³-hybridized carbons (Fsp3) is 0.111. The molecule has 0 aromatic heterocycles. The molecule has 100 valence electrons. The maximum absolute atomic E-state index is 6.27. The van der Waals surface area contributed by atoms with Crippen molar-refractivity contribution in [1.29, 1.82) is 0 Å². The van der Waals surface area contributed by atoms with Crippen LogP contribution >= 0.6 is 11.8 Å². The predicted molar refractivity (Wildman–Crippen MR) is 85.0 cm³/mol. The number of benzene rings is 2. The Labute approximate surface area is 124 Å². The molecule has 1 atom stereocenters. The van der Waals surface area contributed by atoms with Gasteiger partial charge in [-0.3, -0.25) is 0 Å². The van der Waals surface area contributed by atoms with Crippen molar-refractivity contribution >= 4 is 11.8 Å². The highest BCUT2D eigenvalue weighted by molar-refractivity contribution is 8.00. The van der Waals surface area contributed by atoms with E-state index in [0.29, 0.717) is 0 Å². The molecule has 0 saturated carbocycles. The minimum atomic E-state index is -0.364. The second kappa shape index (κ2) is 6.02. The Balaban J connectivity index is 1.85. The van der Waals surface area contributed by atoms with Gasteiger partial charge in [-0.05, 0) is 30.3 Å². The molecule has 1 nitrogen and oxygen atoms in total. The van der Waals surface area contributed by atoms with Crippen LogP contribution in [0, 0.1) is 0 Å². The van der Waals surface area contributed by atoms with Crippen LogP contribution in [0.5, 0.6) is 5.75 Å². The quantitative estimate of drug-likeness (QED) is 0.723. The maximum Gasteiger partial charge on any atom is 0.181 e. The monoisotopic (exact) mass is 280 g/mol. The van der Waals surface area contributed by atoms with E-state index in [1.54, 1.807) is 11.8 Å². The van der Waals surface area contributed by atoms with E-state index in [-0.39, 0.29) is 4.93 Å². The summed E-state index contributed by atoms with van der Waals surface area (Å²) < 4.78 is 6.27. The molecule has 1 aliphatic carbocycles. The molecule has 0 bridgehead atoms. The lowest BCUT2D eigenvalue weighted by Gasteiger charge is -2.31. The van der Waals surface area contributed by atoms with Gasteiger partial charge in [0.05, 0.1) is 0 Å². The lowest BCUT2D eigenvalue weighted by Crippen LogP contribution is -2.30. The molecule has 0 spiro atoms.